The lowest BCUT2D eigenvalue weighted by Crippen LogP contribution is -2.54. The van der Waals surface area contributed by atoms with Gasteiger partial charge in [-0.1, -0.05) is 0 Å². The van der Waals surface area contributed by atoms with Gasteiger partial charge >= 0.3 is 0 Å². The van der Waals surface area contributed by atoms with Crippen LogP contribution in [0.15, 0.2) is 4.90 Å². The average Bonchev–Trinajstić information content (AvgIpc) is 2.56. The van der Waals surface area contributed by atoms with Crippen LogP contribution in [0.2, 0.25) is 0 Å². The summed E-state index contributed by atoms with van der Waals surface area (Å²) >= 11 is 0. The summed E-state index contributed by atoms with van der Waals surface area (Å²) < 4.78 is 93.8. The highest BCUT2D eigenvalue weighted by Gasteiger charge is 2.55. The van der Waals surface area contributed by atoms with Crippen molar-refractivity contribution in [2.75, 3.05) is 0 Å². The predicted octanol–water partition coefficient (Wildman–Crippen LogP) is 3.40. The first kappa shape index (κ1) is 18.6. The van der Waals surface area contributed by atoms with E-state index in [1.165, 1.54) is 0 Å². The molecule has 4 aliphatic carbocycles. The molecule has 0 spiro atoms. The fourth-order valence-corrected chi connectivity index (χ4v) is 6.70. The molecule has 27 heavy (non-hydrogen) atoms. The minimum Gasteiger partial charge on any atom is -0.273 e. The maximum atomic E-state index is 13.9. The maximum absolute atomic E-state index is 13.9. The Morgan fingerprint density at radius 3 is 1.56 bits per heavy atom. The summed E-state index contributed by atoms with van der Waals surface area (Å²) in [6.07, 6.45) is 4.32. The number of hydrogen-bond acceptors (Lipinski definition) is 3. The molecule has 0 radical (unpaired) electrons. The van der Waals surface area contributed by atoms with Crippen molar-refractivity contribution in [3.05, 3.63) is 29.1 Å². The summed E-state index contributed by atoms with van der Waals surface area (Å²) in [5.41, 5.74) is -0.966. The Morgan fingerprint density at radius 1 is 0.778 bits per heavy atom. The summed E-state index contributed by atoms with van der Waals surface area (Å²) in [6, 6.07) is 0. The summed E-state index contributed by atoms with van der Waals surface area (Å²) in [5.74, 6) is -12.2. The van der Waals surface area contributed by atoms with E-state index in [2.05, 4.69) is 0 Å². The van der Waals surface area contributed by atoms with E-state index < -0.39 is 55.3 Å². The van der Waals surface area contributed by atoms with Crippen LogP contribution in [0.4, 0.5) is 22.0 Å². The van der Waals surface area contributed by atoms with Crippen molar-refractivity contribution in [1.29, 1.82) is 0 Å². The van der Waals surface area contributed by atoms with Gasteiger partial charge in [0.15, 0.2) is 28.2 Å². The molecular formula is C17H16F5NO3S. The van der Waals surface area contributed by atoms with Crippen molar-refractivity contribution >= 4 is 15.9 Å². The van der Waals surface area contributed by atoms with Crippen LogP contribution in [-0.2, 0) is 14.8 Å². The van der Waals surface area contributed by atoms with E-state index in [1.807, 2.05) is 0 Å². The van der Waals surface area contributed by atoms with Crippen LogP contribution < -0.4 is 4.72 Å². The number of halogens is 5. The topological polar surface area (TPSA) is 63.2 Å². The van der Waals surface area contributed by atoms with Gasteiger partial charge in [-0.2, -0.15) is 0 Å². The van der Waals surface area contributed by atoms with Crippen LogP contribution in [0.3, 0.4) is 0 Å². The molecule has 0 unspecified atom stereocenters. The molecule has 4 aliphatic rings. The van der Waals surface area contributed by atoms with E-state index in [4.69, 9.17) is 0 Å². The Bertz CT molecular complexity index is 882. The lowest BCUT2D eigenvalue weighted by atomic mass is 9.49. The second kappa shape index (κ2) is 5.89. The molecule has 4 bridgehead atoms. The van der Waals surface area contributed by atoms with E-state index >= 15 is 0 Å². The minimum atomic E-state index is -5.27. The third-order valence-corrected chi connectivity index (χ3v) is 7.54. The molecule has 1 aromatic rings. The van der Waals surface area contributed by atoms with E-state index in [0.717, 1.165) is 19.3 Å². The van der Waals surface area contributed by atoms with Crippen LogP contribution in [0.25, 0.3) is 0 Å². The van der Waals surface area contributed by atoms with Gasteiger partial charge in [0, 0.05) is 0 Å². The lowest BCUT2D eigenvalue weighted by Gasteiger charge is -2.55. The molecule has 1 N–H and O–H groups in total. The first-order chi connectivity index (χ1) is 12.5. The molecule has 0 heterocycles. The van der Waals surface area contributed by atoms with E-state index in [1.54, 1.807) is 4.72 Å². The molecule has 4 nitrogen and oxygen atoms in total. The Labute approximate surface area is 152 Å². The SMILES string of the molecule is O=C(NS(=O)(=O)c1c(F)c(F)c(F)c(F)c1F)C12CC3CC(CC(C3)C1)C2. The monoisotopic (exact) mass is 409 g/mol. The maximum Gasteiger partial charge on any atom is 0.270 e. The third-order valence-electron chi connectivity index (χ3n) is 6.19. The number of benzene rings is 1. The van der Waals surface area contributed by atoms with E-state index in [9.17, 15) is 35.2 Å². The number of carbonyl (C=O) groups is 1. The first-order valence-corrected chi connectivity index (χ1v) is 10.1. The van der Waals surface area contributed by atoms with E-state index in [0.29, 0.717) is 37.0 Å². The van der Waals surface area contributed by atoms with Gasteiger partial charge < -0.3 is 0 Å². The number of amides is 1. The van der Waals surface area contributed by atoms with Crippen LogP contribution in [-0.4, -0.2) is 14.3 Å². The second-order valence-corrected chi connectivity index (χ2v) is 9.65. The van der Waals surface area contributed by atoms with Gasteiger partial charge in [0.1, 0.15) is 0 Å². The van der Waals surface area contributed by atoms with Crippen molar-refractivity contribution in [3.63, 3.8) is 0 Å². The highest BCUT2D eigenvalue weighted by molar-refractivity contribution is 7.90. The van der Waals surface area contributed by atoms with Crippen LogP contribution in [0.1, 0.15) is 38.5 Å². The molecule has 4 saturated carbocycles. The van der Waals surface area contributed by atoms with Crippen molar-refractivity contribution in [1.82, 2.24) is 4.72 Å². The highest BCUT2D eigenvalue weighted by Crippen LogP contribution is 2.60. The molecule has 0 aromatic heterocycles. The lowest BCUT2D eigenvalue weighted by molar-refractivity contribution is -0.144. The zero-order chi connectivity index (χ0) is 19.7. The van der Waals surface area contributed by atoms with E-state index in [-0.39, 0.29) is 0 Å². The Hall–Kier alpha value is -1.71. The largest absolute Gasteiger partial charge is 0.273 e. The summed E-state index contributed by atoms with van der Waals surface area (Å²) in [6.45, 7) is 0. The van der Waals surface area contributed by atoms with Gasteiger partial charge in [0.2, 0.25) is 11.7 Å². The molecule has 148 valence electrons. The molecule has 1 aromatic carbocycles. The summed E-state index contributed by atoms with van der Waals surface area (Å²) in [4.78, 5) is 10.7. The molecular weight excluding hydrogens is 393 g/mol. The van der Waals surface area contributed by atoms with Crippen molar-refractivity contribution < 1.29 is 35.2 Å². The Morgan fingerprint density at radius 2 is 1.15 bits per heavy atom. The predicted molar refractivity (Wildman–Crippen MR) is 82.2 cm³/mol. The molecule has 0 saturated heterocycles. The second-order valence-electron chi connectivity index (χ2n) is 8.03. The molecule has 0 aliphatic heterocycles. The van der Waals surface area contributed by atoms with Gasteiger partial charge in [-0.25, -0.2) is 35.1 Å². The van der Waals surface area contributed by atoms with Crippen molar-refractivity contribution in [2.45, 2.75) is 43.4 Å². The normalized spacial score (nSPS) is 32.0. The molecule has 0 atom stereocenters. The smallest absolute Gasteiger partial charge is 0.270 e. The van der Waals surface area contributed by atoms with Gasteiger partial charge in [-0.05, 0) is 56.3 Å². The molecule has 1 amide bonds. The first-order valence-electron chi connectivity index (χ1n) is 8.63. The average molecular weight is 409 g/mol. The quantitative estimate of drug-likeness (QED) is 0.473. The minimum absolute atomic E-state index is 0.291. The fourth-order valence-electron chi connectivity index (χ4n) is 5.49. The third kappa shape index (κ3) is 2.75. The van der Waals surface area contributed by atoms with Crippen molar-refractivity contribution in [3.8, 4) is 0 Å². The van der Waals surface area contributed by atoms with Crippen LogP contribution in [0, 0.1) is 52.3 Å². The molecule has 5 rings (SSSR count). The number of hydrogen-bond donors (Lipinski definition) is 1. The highest BCUT2D eigenvalue weighted by atomic mass is 32.2. The molecule has 10 heteroatoms. The van der Waals surface area contributed by atoms with Crippen molar-refractivity contribution in [2.24, 2.45) is 23.2 Å². The fraction of sp³-hybridized carbons (Fsp3) is 0.588. The van der Waals surface area contributed by atoms with Gasteiger partial charge in [-0.15, -0.1) is 0 Å². The number of rotatable bonds is 3. The number of nitrogens with one attached hydrogen (secondary N) is 1. The standard InChI is InChI=1S/C17H16F5NO3S/c18-10-11(19)13(21)15(14(22)12(10)20)27(25,26)23-16(24)17-4-7-1-8(5-17)3-9(2-7)6-17/h7-9H,1-6H2,(H,23,24). The summed E-state index contributed by atoms with van der Waals surface area (Å²) in [5, 5.41) is 0. The molecule has 4 fully saturated rings. The zero-order valence-electron chi connectivity index (χ0n) is 14.0. The number of sulfonamides is 1. The van der Waals surface area contributed by atoms with Gasteiger partial charge in [-0.3, -0.25) is 4.79 Å². The summed E-state index contributed by atoms with van der Waals surface area (Å²) in [7, 11) is -5.27. The van der Waals surface area contributed by atoms with Gasteiger partial charge in [0.25, 0.3) is 10.0 Å². The Kier molecular flexibility index (Phi) is 4.07. The van der Waals surface area contributed by atoms with Crippen LogP contribution in [0.5, 0.6) is 0 Å². The zero-order valence-corrected chi connectivity index (χ0v) is 14.8. The van der Waals surface area contributed by atoms with Gasteiger partial charge in [0.05, 0.1) is 5.41 Å². The van der Waals surface area contributed by atoms with Crippen LogP contribution >= 0.6 is 0 Å². The Balaban J connectivity index is 1.68. The number of carbonyl (C=O) groups excluding carboxylic acids is 1.